The van der Waals surface area contributed by atoms with Crippen LogP contribution in [0.1, 0.15) is 21.5 Å². The zero-order valence-electron chi connectivity index (χ0n) is 10.7. The van der Waals surface area contributed by atoms with E-state index in [-0.39, 0.29) is 11.7 Å². The minimum absolute atomic E-state index is 0.159. The molecule has 0 spiro atoms. The van der Waals surface area contributed by atoms with Gasteiger partial charge in [0, 0.05) is 15.7 Å². The Balaban J connectivity index is 2.23. The van der Waals surface area contributed by atoms with Crippen LogP contribution in [0.25, 0.3) is 0 Å². The number of carbonyl (C=O) groups excluding carboxylic acids is 1. The molecule has 1 amide bonds. The second-order valence-corrected chi connectivity index (χ2v) is 5.27. The third-order valence-corrected chi connectivity index (χ3v) is 3.74. The van der Waals surface area contributed by atoms with E-state index in [9.17, 15) is 9.90 Å². The van der Waals surface area contributed by atoms with Gasteiger partial charge < -0.3 is 10.4 Å². The van der Waals surface area contributed by atoms with Gasteiger partial charge in [-0.15, -0.1) is 0 Å². The molecular formula is C15H14BrNO2. The first kappa shape index (κ1) is 13.6. The summed E-state index contributed by atoms with van der Waals surface area (Å²) in [6, 6.07) is 10.3. The molecule has 2 N–H and O–H groups in total. The van der Waals surface area contributed by atoms with Gasteiger partial charge in [0.1, 0.15) is 5.75 Å². The molecule has 0 atom stereocenters. The summed E-state index contributed by atoms with van der Waals surface area (Å²) < 4.78 is 0.952. The van der Waals surface area contributed by atoms with Gasteiger partial charge >= 0.3 is 0 Å². The zero-order chi connectivity index (χ0) is 14.0. The highest BCUT2D eigenvalue weighted by Crippen LogP contribution is 2.22. The van der Waals surface area contributed by atoms with E-state index in [0.29, 0.717) is 5.56 Å². The molecule has 2 aromatic rings. The molecule has 4 heteroatoms. The molecular weight excluding hydrogens is 306 g/mol. The number of phenolic OH excluding ortho intramolecular Hbond substituents is 1. The van der Waals surface area contributed by atoms with Gasteiger partial charge in [0.05, 0.1) is 0 Å². The zero-order valence-corrected chi connectivity index (χ0v) is 12.3. The van der Waals surface area contributed by atoms with Crippen molar-refractivity contribution in [1.29, 1.82) is 0 Å². The third-order valence-electron chi connectivity index (χ3n) is 2.88. The highest BCUT2D eigenvalue weighted by molar-refractivity contribution is 9.10. The number of nitrogens with one attached hydrogen (secondary N) is 1. The maximum absolute atomic E-state index is 12.1. The Morgan fingerprint density at radius 2 is 1.84 bits per heavy atom. The summed E-state index contributed by atoms with van der Waals surface area (Å²) in [6.07, 6.45) is 0. The topological polar surface area (TPSA) is 49.3 Å². The number of rotatable bonds is 2. The maximum atomic E-state index is 12.1. The summed E-state index contributed by atoms with van der Waals surface area (Å²) in [5.74, 6) is -0.0274. The molecule has 98 valence electrons. The van der Waals surface area contributed by atoms with Crippen molar-refractivity contribution in [2.45, 2.75) is 13.8 Å². The average molecular weight is 320 g/mol. The number of halogens is 1. The number of phenols is 1. The van der Waals surface area contributed by atoms with Crippen LogP contribution in [0.2, 0.25) is 0 Å². The van der Waals surface area contributed by atoms with Crippen molar-refractivity contribution in [1.82, 2.24) is 0 Å². The number of aromatic hydroxyl groups is 1. The minimum atomic E-state index is -0.187. The fourth-order valence-electron chi connectivity index (χ4n) is 1.77. The second-order valence-electron chi connectivity index (χ2n) is 4.42. The predicted octanol–water partition coefficient (Wildman–Crippen LogP) is 4.02. The monoisotopic (exact) mass is 319 g/mol. The number of aryl methyl sites for hydroxylation is 2. The summed E-state index contributed by atoms with van der Waals surface area (Å²) in [5.41, 5.74) is 3.13. The molecule has 0 aliphatic rings. The summed E-state index contributed by atoms with van der Waals surface area (Å²) in [6.45, 7) is 3.78. The largest absolute Gasteiger partial charge is 0.508 e. The third kappa shape index (κ3) is 3.15. The fourth-order valence-corrected chi connectivity index (χ4v) is 2.15. The Morgan fingerprint density at radius 3 is 2.47 bits per heavy atom. The molecule has 0 heterocycles. The Morgan fingerprint density at radius 1 is 1.11 bits per heavy atom. The van der Waals surface area contributed by atoms with Crippen molar-refractivity contribution in [3.63, 3.8) is 0 Å². The molecule has 0 saturated carbocycles. The van der Waals surface area contributed by atoms with E-state index in [0.717, 1.165) is 21.3 Å². The van der Waals surface area contributed by atoms with E-state index >= 15 is 0 Å². The van der Waals surface area contributed by atoms with Crippen LogP contribution in [-0.2, 0) is 0 Å². The van der Waals surface area contributed by atoms with Crippen molar-refractivity contribution in [3.05, 3.63) is 57.6 Å². The molecule has 0 unspecified atom stereocenters. The van der Waals surface area contributed by atoms with Crippen LogP contribution in [0, 0.1) is 13.8 Å². The lowest BCUT2D eigenvalue weighted by atomic mass is 10.1. The molecule has 0 aliphatic heterocycles. The van der Waals surface area contributed by atoms with Gasteiger partial charge in [0.25, 0.3) is 5.91 Å². The lowest BCUT2D eigenvalue weighted by molar-refractivity contribution is 0.102. The fraction of sp³-hybridized carbons (Fsp3) is 0.133. The number of carbonyl (C=O) groups is 1. The molecule has 2 rings (SSSR count). The molecule has 0 radical (unpaired) electrons. The first-order chi connectivity index (χ1) is 8.97. The predicted molar refractivity (Wildman–Crippen MR) is 79.7 cm³/mol. The highest BCUT2D eigenvalue weighted by atomic mass is 79.9. The van der Waals surface area contributed by atoms with Gasteiger partial charge in [-0.25, -0.2) is 0 Å². The van der Waals surface area contributed by atoms with Crippen LogP contribution >= 0.6 is 15.9 Å². The van der Waals surface area contributed by atoms with Crippen molar-refractivity contribution in [2.75, 3.05) is 5.32 Å². The van der Waals surface area contributed by atoms with Crippen LogP contribution < -0.4 is 5.32 Å². The quantitative estimate of drug-likeness (QED) is 0.878. The minimum Gasteiger partial charge on any atom is -0.508 e. The Kier molecular flexibility index (Phi) is 3.90. The molecule has 0 aliphatic carbocycles. The number of hydrogen-bond acceptors (Lipinski definition) is 2. The molecule has 0 bridgehead atoms. The van der Waals surface area contributed by atoms with E-state index < -0.39 is 0 Å². The van der Waals surface area contributed by atoms with Crippen molar-refractivity contribution < 1.29 is 9.90 Å². The van der Waals surface area contributed by atoms with Crippen molar-refractivity contribution >= 4 is 27.5 Å². The lowest BCUT2D eigenvalue weighted by Crippen LogP contribution is -2.13. The SMILES string of the molecule is Cc1ccc(NC(=O)c2ccc(O)cc2C)cc1Br. The Bertz CT molecular complexity index is 638. The molecule has 2 aromatic carbocycles. The first-order valence-electron chi connectivity index (χ1n) is 5.84. The number of hydrogen-bond donors (Lipinski definition) is 2. The summed E-state index contributed by atoms with van der Waals surface area (Å²) in [7, 11) is 0. The first-order valence-corrected chi connectivity index (χ1v) is 6.64. The number of benzene rings is 2. The molecule has 0 saturated heterocycles. The van der Waals surface area contributed by atoms with Gasteiger partial charge in [0.15, 0.2) is 0 Å². The number of amides is 1. The van der Waals surface area contributed by atoms with Crippen LogP contribution in [0.15, 0.2) is 40.9 Å². The van der Waals surface area contributed by atoms with Crippen LogP contribution in [-0.4, -0.2) is 11.0 Å². The van der Waals surface area contributed by atoms with E-state index in [2.05, 4.69) is 21.2 Å². The summed E-state index contributed by atoms with van der Waals surface area (Å²) in [5, 5.41) is 12.2. The van der Waals surface area contributed by atoms with E-state index in [1.807, 2.05) is 25.1 Å². The maximum Gasteiger partial charge on any atom is 0.255 e. The molecule has 0 aromatic heterocycles. The van der Waals surface area contributed by atoms with Crippen LogP contribution in [0.3, 0.4) is 0 Å². The standard InChI is InChI=1S/C15H14BrNO2/c1-9-3-4-11(8-14(9)16)17-15(19)13-6-5-12(18)7-10(13)2/h3-8,18H,1-2H3,(H,17,19). The van der Waals surface area contributed by atoms with Gasteiger partial charge in [-0.05, 0) is 55.3 Å². The molecule has 3 nitrogen and oxygen atoms in total. The van der Waals surface area contributed by atoms with Gasteiger partial charge in [0.2, 0.25) is 0 Å². The number of anilines is 1. The van der Waals surface area contributed by atoms with Crippen molar-refractivity contribution in [2.24, 2.45) is 0 Å². The summed E-state index contributed by atoms with van der Waals surface area (Å²) in [4.78, 5) is 12.1. The molecule has 0 fully saturated rings. The van der Waals surface area contributed by atoms with Gasteiger partial charge in [-0.1, -0.05) is 22.0 Å². The Labute approximate surface area is 120 Å². The lowest BCUT2D eigenvalue weighted by Gasteiger charge is -2.09. The van der Waals surface area contributed by atoms with E-state index in [4.69, 9.17) is 0 Å². The second kappa shape index (κ2) is 5.45. The van der Waals surface area contributed by atoms with E-state index in [1.165, 1.54) is 6.07 Å². The highest BCUT2D eigenvalue weighted by Gasteiger charge is 2.10. The van der Waals surface area contributed by atoms with Gasteiger partial charge in [-0.2, -0.15) is 0 Å². The van der Waals surface area contributed by atoms with Crippen LogP contribution in [0.5, 0.6) is 5.75 Å². The van der Waals surface area contributed by atoms with Gasteiger partial charge in [-0.3, -0.25) is 4.79 Å². The summed E-state index contributed by atoms with van der Waals surface area (Å²) >= 11 is 3.43. The van der Waals surface area contributed by atoms with Crippen LogP contribution in [0.4, 0.5) is 5.69 Å². The molecule has 19 heavy (non-hydrogen) atoms. The Hall–Kier alpha value is -1.81. The van der Waals surface area contributed by atoms with E-state index in [1.54, 1.807) is 19.1 Å². The normalized spacial score (nSPS) is 10.3. The average Bonchev–Trinajstić information content (AvgIpc) is 2.33. The van der Waals surface area contributed by atoms with Crippen molar-refractivity contribution in [3.8, 4) is 5.75 Å². The smallest absolute Gasteiger partial charge is 0.255 e.